The van der Waals surface area contributed by atoms with Crippen molar-refractivity contribution in [2.75, 3.05) is 12.4 Å². The summed E-state index contributed by atoms with van der Waals surface area (Å²) in [6.07, 6.45) is 0.220. The van der Waals surface area contributed by atoms with E-state index in [9.17, 15) is 17.6 Å². The zero-order valence-electron chi connectivity index (χ0n) is 11.5. The lowest BCUT2D eigenvalue weighted by Crippen LogP contribution is -2.58. The third-order valence-corrected chi connectivity index (χ3v) is 4.56. The molecule has 1 fully saturated rings. The van der Waals surface area contributed by atoms with Gasteiger partial charge in [0.15, 0.2) is 17.3 Å². The van der Waals surface area contributed by atoms with Crippen LogP contribution in [0.15, 0.2) is 12.1 Å². The molecule has 2 atom stereocenters. The van der Waals surface area contributed by atoms with E-state index >= 15 is 0 Å². The number of benzene rings is 1. The van der Waals surface area contributed by atoms with Gasteiger partial charge in [-0.25, -0.2) is 17.6 Å². The molecule has 2 rings (SSSR count). The molecule has 21 heavy (non-hydrogen) atoms. The molecule has 0 spiro atoms. The van der Waals surface area contributed by atoms with Crippen molar-refractivity contribution in [3.05, 3.63) is 29.3 Å². The number of hydrogen-bond acceptors (Lipinski definition) is 2. The van der Waals surface area contributed by atoms with E-state index < -0.39 is 29.5 Å². The van der Waals surface area contributed by atoms with Crippen LogP contribution in [0.1, 0.15) is 31.7 Å². The highest BCUT2D eigenvalue weighted by Gasteiger charge is 2.48. The van der Waals surface area contributed by atoms with Crippen molar-refractivity contribution >= 4 is 22.9 Å². The van der Waals surface area contributed by atoms with Gasteiger partial charge in [0.25, 0.3) is 0 Å². The van der Waals surface area contributed by atoms with Crippen molar-refractivity contribution in [1.29, 1.82) is 0 Å². The lowest BCUT2D eigenvalue weighted by atomic mass is 9.76. The van der Waals surface area contributed by atoms with Crippen molar-refractivity contribution < 1.29 is 17.6 Å². The van der Waals surface area contributed by atoms with Crippen LogP contribution >= 0.6 is 12.2 Å². The second kappa shape index (κ2) is 5.44. The molecule has 0 aliphatic carbocycles. The van der Waals surface area contributed by atoms with Gasteiger partial charge in [-0.05, 0) is 31.4 Å². The van der Waals surface area contributed by atoms with Crippen LogP contribution in [0.3, 0.4) is 0 Å². The van der Waals surface area contributed by atoms with Crippen LogP contribution in [0.25, 0.3) is 0 Å². The first-order valence-corrected chi connectivity index (χ1v) is 7.01. The largest absolute Gasteiger partial charge is 0.399 e. The van der Waals surface area contributed by atoms with Gasteiger partial charge in [0.1, 0.15) is 11.7 Å². The first-order valence-electron chi connectivity index (χ1n) is 6.60. The zero-order chi connectivity index (χ0) is 15.8. The van der Waals surface area contributed by atoms with Gasteiger partial charge >= 0.3 is 0 Å². The molecule has 1 aliphatic rings. The highest BCUT2D eigenvalue weighted by Crippen LogP contribution is 2.41. The monoisotopic (exact) mass is 320 g/mol. The number of piperidine rings is 1. The summed E-state index contributed by atoms with van der Waals surface area (Å²) < 4.78 is 54.7. The number of thiocarbonyl (C=S) groups is 1. The van der Waals surface area contributed by atoms with Crippen molar-refractivity contribution in [2.45, 2.75) is 37.4 Å². The molecule has 0 aromatic heterocycles. The predicted octanol–water partition coefficient (Wildman–Crippen LogP) is 3.54. The summed E-state index contributed by atoms with van der Waals surface area (Å²) in [6.45, 7) is 0.489. The standard InChI is InChI=1S/C14H16F4N2S/c1-2-14(4-3-13(18,7-15)12(21)20-14)9-5-8(19)6-10(16)11(9)17/h5-6H,2-4,7,19H2,1H3,(H,20,21)/t13-,14+/m1/s1. The fourth-order valence-corrected chi connectivity index (χ4v) is 3.01. The Morgan fingerprint density at radius 3 is 2.52 bits per heavy atom. The number of nitrogen functional groups attached to an aromatic ring is 1. The number of alkyl halides is 2. The minimum Gasteiger partial charge on any atom is -0.399 e. The van der Waals surface area contributed by atoms with E-state index in [0.29, 0.717) is 6.42 Å². The summed E-state index contributed by atoms with van der Waals surface area (Å²) in [7, 11) is 0. The molecule has 0 saturated carbocycles. The van der Waals surface area contributed by atoms with Crippen molar-refractivity contribution in [3.63, 3.8) is 0 Å². The summed E-state index contributed by atoms with van der Waals surface area (Å²) >= 11 is 4.89. The molecule has 1 saturated heterocycles. The third-order valence-electron chi connectivity index (χ3n) is 4.09. The molecular formula is C14H16F4N2S. The van der Waals surface area contributed by atoms with Gasteiger partial charge in [-0.1, -0.05) is 19.1 Å². The van der Waals surface area contributed by atoms with Crippen molar-refractivity contribution in [2.24, 2.45) is 0 Å². The maximum atomic E-state index is 14.2. The Morgan fingerprint density at radius 2 is 2.00 bits per heavy atom. The molecule has 7 heteroatoms. The van der Waals surface area contributed by atoms with Gasteiger partial charge in [0.05, 0.1) is 5.54 Å². The van der Waals surface area contributed by atoms with E-state index in [1.807, 2.05) is 0 Å². The maximum absolute atomic E-state index is 14.2. The molecule has 1 aromatic carbocycles. The molecule has 0 unspecified atom stereocenters. The predicted molar refractivity (Wildman–Crippen MR) is 77.5 cm³/mol. The van der Waals surface area contributed by atoms with Crippen LogP contribution in [-0.4, -0.2) is 17.3 Å². The Morgan fingerprint density at radius 1 is 1.33 bits per heavy atom. The minimum atomic E-state index is -2.25. The summed E-state index contributed by atoms with van der Waals surface area (Å²) in [6, 6.07) is 2.18. The summed E-state index contributed by atoms with van der Waals surface area (Å²) in [5.74, 6) is -2.12. The zero-order valence-corrected chi connectivity index (χ0v) is 12.3. The number of anilines is 1. The molecule has 0 radical (unpaired) electrons. The Balaban J connectivity index is 2.48. The van der Waals surface area contributed by atoms with E-state index in [4.69, 9.17) is 18.0 Å². The molecule has 2 nitrogen and oxygen atoms in total. The van der Waals surface area contributed by atoms with Crippen molar-refractivity contribution in [3.8, 4) is 0 Å². The van der Waals surface area contributed by atoms with E-state index in [2.05, 4.69) is 5.32 Å². The summed E-state index contributed by atoms with van der Waals surface area (Å²) in [4.78, 5) is -0.319. The molecular weight excluding hydrogens is 304 g/mol. The second-order valence-electron chi connectivity index (χ2n) is 5.35. The van der Waals surface area contributed by atoms with Gasteiger partial charge in [0, 0.05) is 11.3 Å². The molecule has 0 bridgehead atoms. The number of rotatable bonds is 3. The van der Waals surface area contributed by atoms with Gasteiger partial charge < -0.3 is 11.1 Å². The van der Waals surface area contributed by atoms with Crippen LogP contribution in [0.4, 0.5) is 23.2 Å². The van der Waals surface area contributed by atoms with Gasteiger partial charge in [-0.15, -0.1) is 0 Å². The Kier molecular flexibility index (Phi) is 4.15. The number of halogens is 4. The number of nitrogens with two attached hydrogens (primary N) is 1. The molecule has 0 amide bonds. The molecule has 116 valence electrons. The fourth-order valence-electron chi connectivity index (χ4n) is 2.66. The smallest absolute Gasteiger partial charge is 0.188 e. The highest BCUT2D eigenvalue weighted by atomic mass is 32.1. The Hall–Kier alpha value is -1.37. The lowest BCUT2D eigenvalue weighted by molar-refractivity contribution is 0.131. The average Bonchev–Trinajstić information content (AvgIpc) is 2.46. The minimum absolute atomic E-state index is 0.00856. The van der Waals surface area contributed by atoms with Crippen LogP contribution in [-0.2, 0) is 5.54 Å². The number of hydrogen-bond donors (Lipinski definition) is 2. The van der Waals surface area contributed by atoms with E-state index in [1.165, 1.54) is 6.07 Å². The van der Waals surface area contributed by atoms with E-state index in [0.717, 1.165) is 6.07 Å². The molecule has 3 N–H and O–H groups in total. The van der Waals surface area contributed by atoms with Crippen LogP contribution in [0, 0.1) is 11.6 Å². The van der Waals surface area contributed by atoms with Crippen molar-refractivity contribution in [1.82, 2.24) is 5.32 Å². The van der Waals surface area contributed by atoms with Crippen LogP contribution in [0.5, 0.6) is 0 Å². The lowest BCUT2D eigenvalue weighted by Gasteiger charge is -2.44. The SMILES string of the molecule is CC[C@@]1(c2cc(N)cc(F)c2F)CC[C@@](F)(CF)C(=S)N1. The highest BCUT2D eigenvalue weighted by molar-refractivity contribution is 7.80. The molecule has 1 aromatic rings. The normalized spacial score (nSPS) is 29.3. The first kappa shape index (κ1) is 16.0. The topological polar surface area (TPSA) is 38.0 Å². The Labute approximate surface area is 125 Å². The molecule has 1 aliphatic heterocycles. The summed E-state index contributed by atoms with van der Waals surface area (Å²) in [5.41, 5.74) is 2.29. The third kappa shape index (κ3) is 2.59. The summed E-state index contributed by atoms with van der Waals surface area (Å²) in [5, 5.41) is 2.69. The van der Waals surface area contributed by atoms with Gasteiger partial charge in [0.2, 0.25) is 0 Å². The second-order valence-corrected chi connectivity index (χ2v) is 5.76. The fraction of sp³-hybridized carbons (Fsp3) is 0.500. The van der Waals surface area contributed by atoms with Crippen LogP contribution in [0.2, 0.25) is 0 Å². The van der Waals surface area contributed by atoms with Gasteiger partial charge in [-0.2, -0.15) is 0 Å². The quantitative estimate of drug-likeness (QED) is 0.508. The van der Waals surface area contributed by atoms with Crippen LogP contribution < -0.4 is 11.1 Å². The Bertz CT molecular complexity index is 580. The van der Waals surface area contributed by atoms with E-state index in [1.54, 1.807) is 6.92 Å². The first-order chi connectivity index (χ1) is 9.78. The van der Waals surface area contributed by atoms with E-state index in [-0.39, 0.29) is 29.1 Å². The maximum Gasteiger partial charge on any atom is 0.188 e. The molecule has 1 heterocycles. The van der Waals surface area contributed by atoms with Gasteiger partial charge in [-0.3, -0.25) is 0 Å². The average molecular weight is 320 g/mol. The number of nitrogens with one attached hydrogen (secondary N) is 1.